The van der Waals surface area contributed by atoms with E-state index in [-0.39, 0.29) is 18.2 Å². The van der Waals surface area contributed by atoms with Crippen LogP contribution < -0.4 is 5.32 Å². The van der Waals surface area contributed by atoms with Crippen molar-refractivity contribution in [1.29, 1.82) is 0 Å². The molecular weight excluding hydrogens is 255 g/mol. The summed E-state index contributed by atoms with van der Waals surface area (Å²) in [4.78, 5) is 0. The fourth-order valence-electron chi connectivity index (χ4n) is 2.30. The van der Waals surface area contributed by atoms with Gasteiger partial charge in [-0.25, -0.2) is 0 Å². The first-order valence-corrected chi connectivity index (χ1v) is 6.53. The monoisotopic (exact) mass is 273 g/mol. The molecule has 19 heavy (non-hydrogen) atoms. The van der Waals surface area contributed by atoms with Crippen LogP contribution in [0.4, 0.5) is 13.2 Å². The van der Waals surface area contributed by atoms with Gasteiger partial charge < -0.3 is 10.1 Å². The molecule has 5 heteroatoms. The highest BCUT2D eigenvalue weighted by Gasteiger charge is 2.32. The minimum Gasteiger partial charge on any atom is -0.375 e. The quantitative estimate of drug-likeness (QED) is 0.908. The highest BCUT2D eigenvalue weighted by atomic mass is 19.4. The summed E-state index contributed by atoms with van der Waals surface area (Å²) >= 11 is 0. The van der Waals surface area contributed by atoms with Gasteiger partial charge >= 0.3 is 6.18 Å². The van der Waals surface area contributed by atoms with Crippen molar-refractivity contribution in [3.63, 3.8) is 0 Å². The molecule has 0 radical (unpaired) electrons. The number of hydrogen-bond donors (Lipinski definition) is 1. The molecule has 1 heterocycles. The van der Waals surface area contributed by atoms with Crippen molar-refractivity contribution in [3.8, 4) is 0 Å². The first-order chi connectivity index (χ1) is 9.07. The van der Waals surface area contributed by atoms with Gasteiger partial charge in [-0.15, -0.1) is 0 Å². The minimum absolute atomic E-state index is 0.00780. The average Bonchev–Trinajstić information content (AvgIpc) is 2.39. The van der Waals surface area contributed by atoms with E-state index in [1.807, 2.05) is 0 Å². The van der Waals surface area contributed by atoms with E-state index in [0.29, 0.717) is 6.61 Å². The molecule has 0 aliphatic carbocycles. The van der Waals surface area contributed by atoms with Crippen molar-refractivity contribution in [2.75, 3.05) is 13.2 Å². The zero-order valence-corrected chi connectivity index (χ0v) is 10.7. The van der Waals surface area contributed by atoms with Crippen LogP contribution in [0.2, 0.25) is 0 Å². The van der Waals surface area contributed by atoms with Crippen molar-refractivity contribution in [1.82, 2.24) is 5.32 Å². The molecule has 1 N–H and O–H groups in total. The number of hydrogen-bond acceptors (Lipinski definition) is 2. The summed E-state index contributed by atoms with van der Waals surface area (Å²) in [6.45, 7) is 1.44. The van der Waals surface area contributed by atoms with Gasteiger partial charge in [0.15, 0.2) is 0 Å². The Morgan fingerprint density at radius 3 is 2.68 bits per heavy atom. The summed E-state index contributed by atoms with van der Waals surface area (Å²) in [7, 11) is 0. The van der Waals surface area contributed by atoms with Gasteiger partial charge in [0.05, 0.1) is 18.8 Å². The van der Waals surface area contributed by atoms with Gasteiger partial charge in [0.1, 0.15) is 0 Å². The lowest BCUT2D eigenvalue weighted by Gasteiger charge is -2.23. The van der Waals surface area contributed by atoms with Crippen LogP contribution in [0.3, 0.4) is 0 Å². The lowest BCUT2D eigenvalue weighted by molar-refractivity contribution is -0.138. The fourth-order valence-corrected chi connectivity index (χ4v) is 2.30. The van der Waals surface area contributed by atoms with Crippen molar-refractivity contribution in [2.45, 2.75) is 38.1 Å². The zero-order chi connectivity index (χ0) is 13.7. The Bertz CT molecular complexity index is 400. The summed E-state index contributed by atoms with van der Waals surface area (Å²) in [5.41, 5.74) is -0.405. The van der Waals surface area contributed by atoms with E-state index in [0.717, 1.165) is 31.9 Å². The Hall–Kier alpha value is -1.07. The molecule has 1 unspecified atom stereocenters. The third-order valence-corrected chi connectivity index (χ3v) is 3.31. The van der Waals surface area contributed by atoms with E-state index in [4.69, 9.17) is 4.74 Å². The maximum absolute atomic E-state index is 12.8. The van der Waals surface area contributed by atoms with E-state index in [9.17, 15) is 13.2 Å². The van der Waals surface area contributed by atoms with E-state index < -0.39 is 11.7 Å². The van der Waals surface area contributed by atoms with Crippen LogP contribution in [0.1, 0.15) is 30.4 Å². The Labute approximate surface area is 111 Å². The number of halogens is 3. The van der Waals surface area contributed by atoms with Crippen molar-refractivity contribution < 1.29 is 17.9 Å². The third-order valence-electron chi connectivity index (χ3n) is 3.31. The smallest absolute Gasteiger partial charge is 0.375 e. The first kappa shape index (κ1) is 14.3. The minimum atomic E-state index is -4.32. The summed E-state index contributed by atoms with van der Waals surface area (Å²) in [6.07, 6.45) is -0.975. The standard InChI is InChI=1S/C14H18F3NO/c15-14(16,17)13-7-2-1-5-11(13)9-19-10-12-6-3-4-8-18-12/h1-2,5,7,12,18H,3-4,6,8-10H2. The summed E-state index contributed by atoms with van der Waals surface area (Å²) in [5, 5.41) is 3.30. The highest BCUT2D eigenvalue weighted by Crippen LogP contribution is 2.32. The van der Waals surface area contributed by atoms with Crippen LogP contribution >= 0.6 is 0 Å². The molecule has 1 aliphatic rings. The first-order valence-electron chi connectivity index (χ1n) is 6.53. The molecule has 0 spiro atoms. The van der Waals surface area contributed by atoms with Crippen molar-refractivity contribution >= 4 is 0 Å². The predicted octanol–water partition coefficient (Wildman–Crippen LogP) is 3.36. The lowest BCUT2D eigenvalue weighted by Crippen LogP contribution is -2.37. The van der Waals surface area contributed by atoms with Gasteiger partial charge in [-0.2, -0.15) is 13.2 Å². The molecule has 0 saturated carbocycles. The zero-order valence-electron chi connectivity index (χ0n) is 10.7. The van der Waals surface area contributed by atoms with Crippen LogP contribution in [-0.2, 0) is 17.5 Å². The molecule has 1 fully saturated rings. The van der Waals surface area contributed by atoms with Crippen LogP contribution in [0, 0.1) is 0 Å². The SMILES string of the molecule is FC(F)(F)c1ccccc1COCC1CCCCN1. The van der Waals surface area contributed by atoms with E-state index in [1.54, 1.807) is 6.07 Å². The van der Waals surface area contributed by atoms with Crippen molar-refractivity contribution in [2.24, 2.45) is 0 Å². The Kier molecular flexibility index (Phi) is 4.82. The summed E-state index contributed by atoms with van der Waals surface area (Å²) < 4.78 is 43.7. The van der Waals surface area contributed by atoms with Gasteiger partial charge in [0.25, 0.3) is 0 Å². The number of rotatable bonds is 4. The van der Waals surface area contributed by atoms with E-state index in [1.165, 1.54) is 12.1 Å². The fraction of sp³-hybridized carbons (Fsp3) is 0.571. The molecule has 0 bridgehead atoms. The summed E-state index contributed by atoms with van der Waals surface area (Å²) in [5.74, 6) is 0. The van der Waals surface area contributed by atoms with Gasteiger partial charge in [-0.05, 0) is 31.0 Å². The largest absolute Gasteiger partial charge is 0.416 e. The van der Waals surface area contributed by atoms with Gasteiger partial charge in [-0.3, -0.25) is 0 Å². The molecule has 0 amide bonds. The maximum Gasteiger partial charge on any atom is 0.416 e. The van der Waals surface area contributed by atoms with Gasteiger partial charge in [0, 0.05) is 6.04 Å². The molecule has 1 saturated heterocycles. The van der Waals surface area contributed by atoms with Gasteiger partial charge in [-0.1, -0.05) is 24.6 Å². The van der Waals surface area contributed by atoms with Crippen molar-refractivity contribution in [3.05, 3.63) is 35.4 Å². The molecule has 106 valence electrons. The molecule has 2 nitrogen and oxygen atoms in total. The van der Waals surface area contributed by atoms with Gasteiger partial charge in [0.2, 0.25) is 0 Å². The van der Waals surface area contributed by atoms with Crippen LogP contribution in [-0.4, -0.2) is 19.2 Å². The second-order valence-electron chi connectivity index (χ2n) is 4.82. The second-order valence-corrected chi connectivity index (χ2v) is 4.82. The maximum atomic E-state index is 12.8. The van der Waals surface area contributed by atoms with Crippen LogP contribution in [0.15, 0.2) is 24.3 Å². The Balaban J connectivity index is 1.88. The topological polar surface area (TPSA) is 21.3 Å². The third kappa shape index (κ3) is 4.21. The number of benzene rings is 1. The Morgan fingerprint density at radius 1 is 1.21 bits per heavy atom. The number of ether oxygens (including phenoxy) is 1. The summed E-state index contributed by atoms with van der Waals surface area (Å²) in [6, 6.07) is 5.84. The second kappa shape index (κ2) is 6.39. The van der Waals surface area contributed by atoms with E-state index >= 15 is 0 Å². The molecule has 1 aromatic rings. The van der Waals surface area contributed by atoms with E-state index in [2.05, 4.69) is 5.32 Å². The Morgan fingerprint density at radius 2 is 2.00 bits per heavy atom. The molecule has 1 aromatic carbocycles. The molecule has 1 aliphatic heterocycles. The average molecular weight is 273 g/mol. The number of alkyl halides is 3. The number of piperidine rings is 1. The lowest BCUT2D eigenvalue weighted by atomic mass is 10.1. The van der Waals surface area contributed by atoms with Crippen LogP contribution in [0.5, 0.6) is 0 Å². The molecule has 0 aromatic heterocycles. The molecule has 2 rings (SSSR count). The molecular formula is C14H18F3NO. The highest BCUT2D eigenvalue weighted by molar-refractivity contribution is 5.28. The molecule has 1 atom stereocenters. The predicted molar refractivity (Wildman–Crippen MR) is 66.7 cm³/mol. The number of nitrogens with one attached hydrogen (secondary N) is 1. The normalized spacial score (nSPS) is 20.5. The van der Waals surface area contributed by atoms with Crippen LogP contribution in [0.25, 0.3) is 0 Å².